The number of rotatable bonds is 0. The van der Waals surface area contributed by atoms with Crippen molar-refractivity contribution in [3.63, 3.8) is 0 Å². The van der Waals surface area contributed by atoms with Crippen LogP contribution in [0.3, 0.4) is 0 Å². The Morgan fingerprint density at radius 2 is 2.07 bits per heavy atom. The maximum Gasteiger partial charge on any atom is 0.417 e. The monoisotopic (exact) mass is 232 g/mol. The van der Waals surface area contributed by atoms with Gasteiger partial charge in [-0.15, -0.1) is 11.3 Å². The van der Waals surface area contributed by atoms with Crippen LogP contribution in [0.15, 0.2) is 12.3 Å². The van der Waals surface area contributed by atoms with Crippen LogP contribution in [0.5, 0.6) is 0 Å². The highest BCUT2D eigenvalue weighted by Gasteiger charge is 2.34. The average molecular weight is 232 g/mol. The zero-order valence-corrected chi connectivity index (χ0v) is 8.54. The second kappa shape index (κ2) is 3.10. The third kappa shape index (κ3) is 1.54. The first-order valence-electron chi connectivity index (χ1n) is 4.12. The van der Waals surface area contributed by atoms with Crippen molar-refractivity contribution < 1.29 is 13.2 Å². The van der Waals surface area contributed by atoms with E-state index in [9.17, 15) is 13.2 Å². The van der Waals surface area contributed by atoms with Crippen molar-refractivity contribution in [2.45, 2.75) is 13.1 Å². The van der Waals surface area contributed by atoms with E-state index in [1.165, 1.54) is 11.3 Å². The summed E-state index contributed by atoms with van der Waals surface area (Å²) >= 11 is 1.17. The number of hydrogen-bond donors (Lipinski definition) is 1. The molecule has 0 aliphatic heterocycles. The lowest BCUT2D eigenvalue weighted by molar-refractivity contribution is -0.136. The van der Waals surface area contributed by atoms with E-state index in [1.807, 2.05) is 0 Å². The summed E-state index contributed by atoms with van der Waals surface area (Å²) < 4.78 is 37.9. The molecule has 0 saturated heterocycles. The lowest BCUT2D eigenvalue weighted by Crippen LogP contribution is -2.06. The lowest BCUT2D eigenvalue weighted by atomic mass is 10.1. The number of thiophene rings is 1. The molecule has 2 nitrogen and oxygen atoms in total. The number of alkyl halides is 3. The normalized spacial score (nSPS) is 12.3. The number of hydrogen-bond acceptors (Lipinski definition) is 3. The Kier molecular flexibility index (Phi) is 2.11. The highest BCUT2D eigenvalue weighted by Crippen LogP contribution is 2.40. The van der Waals surface area contributed by atoms with Gasteiger partial charge in [0.25, 0.3) is 0 Å². The molecule has 0 spiro atoms. The van der Waals surface area contributed by atoms with Crippen molar-refractivity contribution in [2.75, 3.05) is 5.73 Å². The molecule has 2 aromatic heterocycles. The third-order valence-electron chi connectivity index (χ3n) is 2.12. The number of anilines is 1. The minimum atomic E-state index is -4.39. The number of aryl methyl sites for hydroxylation is 1. The first kappa shape index (κ1) is 10.2. The van der Waals surface area contributed by atoms with Gasteiger partial charge in [0.2, 0.25) is 0 Å². The summed E-state index contributed by atoms with van der Waals surface area (Å²) in [4.78, 5) is 4.87. The van der Waals surface area contributed by atoms with Crippen LogP contribution in [0.25, 0.3) is 10.2 Å². The quantitative estimate of drug-likeness (QED) is 0.757. The Morgan fingerprint density at radius 3 is 2.67 bits per heavy atom. The molecule has 15 heavy (non-hydrogen) atoms. The topological polar surface area (TPSA) is 38.9 Å². The van der Waals surface area contributed by atoms with Crippen molar-refractivity contribution in [2.24, 2.45) is 0 Å². The molecular formula is C9H7F3N2S. The van der Waals surface area contributed by atoms with Crippen LogP contribution in [0.4, 0.5) is 18.9 Å². The summed E-state index contributed by atoms with van der Waals surface area (Å²) in [5.74, 6) is 0. The standard InChI is InChI=1S/C9H7F3N2S/c1-4-7(13)6-5(9(10,11)12)2-3-14-8(6)15-4/h2-3H,13H2,1H3. The van der Waals surface area contributed by atoms with Gasteiger partial charge < -0.3 is 5.73 Å². The van der Waals surface area contributed by atoms with Crippen LogP contribution in [-0.4, -0.2) is 4.98 Å². The fourth-order valence-corrected chi connectivity index (χ4v) is 2.33. The van der Waals surface area contributed by atoms with Gasteiger partial charge in [-0.25, -0.2) is 4.98 Å². The summed E-state index contributed by atoms with van der Waals surface area (Å²) in [5.41, 5.74) is 5.07. The van der Waals surface area contributed by atoms with Crippen molar-refractivity contribution in [3.05, 3.63) is 22.7 Å². The SMILES string of the molecule is Cc1sc2nccc(C(F)(F)F)c2c1N. The van der Waals surface area contributed by atoms with E-state index in [2.05, 4.69) is 4.98 Å². The van der Waals surface area contributed by atoms with Crippen molar-refractivity contribution in [1.29, 1.82) is 0 Å². The summed E-state index contributed by atoms with van der Waals surface area (Å²) in [7, 11) is 0. The van der Waals surface area contributed by atoms with E-state index in [-0.39, 0.29) is 11.1 Å². The second-order valence-corrected chi connectivity index (χ2v) is 4.31. The summed E-state index contributed by atoms with van der Waals surface area (Å²) in [6.07, 6.45) is -3.23. The largest absolute Gasteiger partial charge is 0.417 e. The molecule has 2 N–H and O–H groups in total. The molecule has 0 radical (unpaired) electrons. The van der Waals surface area contributed by atoms with Gasteiger partial charge >= 0.3 is 6.18 Å². The van der Waals surface area contributed by atoms with Gasteiger partial charge in [0.05, 0.1) is 11.3 Å². The summed E-state index contributed by atoms with van der Waals surface area (Å²) in [5, 5.41) is 0.0208. The molecule has 0 atom stereocenters. The van der Waals surface area contributed by atoms with Crippen LogP contribution in [-0.2, 0) is 6.18 Å². The maximum absolute atomic E-state index is 12.6. The molecule has 0 saturated carbocycles. The fourth-order valence-electron chi connectivity index (χ4n) is 1.39. The molecule has 2 rings (SSSR count). The van der Waals surface area contributed by atoms with Crippen LogP contribution >= 0.6 is 11.3 Å². The Bertz CT molecular complexity index is 516. The van der Waals surface area contributed by atoms with Gasteiger partial charge in [0.15, 0.2) is 0 Å². The smallest absolute Gasteiger partial charge is 0.397 e. The minimum Gasteiger partial charge on any atom is -0.397 e. The molecule has 0 unspecified atom stereocenters. The molecule has 6 heteroatoms. The lowest BCUT2D eigenvalue weighted by Gasteiger charge is -2.07. The number of nitrogens with two attached hydrogens (primary N) is 1. The van der Waals surface area contributed by atoms with Gasteiger partial charge in [-0.05, 0) is 13.0 Å². The first-order chi connectivity index (χ1) is 6.91. The predicted molar refractivity (Wildman–Crippen MR) is 53.8 cm³/mol. The van der Waals surface area contributed by atoms with Crippen LogP contribution in [0.1, 0.15) is 10.4 Å². The van der Waals surface area contributed by atoms with E-state index in [0.717, 1.165) is 12.3 Å². The molecule has 0 aliphatic carbocycles. The number of nitrogen functional groups attached to an aromatic ring is 1. The predicted octanol–water partition coefficient (Wildman–Crippen LogP) is 3.21. The number of fused-ring (bicyclic) bond motifs is 1. The van der Waals surface area contributed by atoms with Gasteiger partial charge in [-0.3, -0.25) is 0 Å². The third-order valence-corrected chi connectivity index (χ3v) is 3.15. The number of nitrogens with zero attached hydrogens (tertiary/aromatic N) is 1. The molecule has 0 aromatic carbocycles. The molecule has 0 fully saturated rings. The van der Waals surface area contributed by atoms with Gasteiger partial charge in [-0.2, -0.15) is 13.2 Å². The fraction of sp³-hybridized carbons (Fsp3) is 0.222. The van der Waals surface area contributed by atoms with Crippen molar-refractivity contribution in [3.8, 4) is 0 Å². The molecule has 2 heterocycles. The number of pyridine rings is 1. The Morgan fingerprint density at radius 1 is 1.40 bits per heavy atom. The van der Waals surface area contributed by atoms with E-state index < -0.39 is 11.7 Å². The van der Waals surface area contributed by atoms with E-state index in [0.29, 0.717) is 9.71 Å². The second-order valence-electron chi connectivity index (χ2n) is 3.11. The van der Waals surface area contributed by atoms with Gasteiger partial charge in [0.1, 0.15) is 4.83 Å². The molecule has 0 bridgehead atoms. The van der Waals surface area contributed by atoms with Crippen LogP contribution < -0.4 is 5.73 Å². The molecule has 0 amide bonds. The van der Waals surface area contributed by atoms with Crippen molar-refractivity contribution in [1.82, 2.24) is 4.98 Å². The minimum absolute atomic E-state index is 0.0208. The molecule has 80 valence electrons. The zero-order valence-electron chi connectivity index (χ0n) is 7.72. The van der Waals surface area contributed by atoms with E-state index in [4.69, 9.17) is 5.73 Å². The highest BCUT2D eigenvalue weighted by molar-refractivity contribution is 7.19. The van der Waals surface area contributed by atoms with Crippen LogP contribution in [0, 0.1) is 6.92 Å². The van der Waals surface area contributed by atoms with E-state index in [1.54, 1.807) is 6.92 Å². The van der Waals surface area contributed by atoms with Gasteiger partial charge in [-0.1, -0.05) is 0 Å². The van der Waals surface area contributed by atoms with Gasteiger partial charge in [0, 0.05) is 16.5 Å². The van der Waals surface area contributed by atoms with Crippen molar-refractivity contribution >= 4 is 27.2 Å². The number of aromatic nitrogens is 1. The first-order valence-corrected chi connectivity index (χ1v) is 4.93. The molecular weight excluding hydrogens is 225 g/mol. The molecule has 0 aliphatic rings. The Labute approximate surface area is 87.5 Å². The molecule has 2 aromatic rings. The number of halogens is 3. The van der Waals surface area contributed by atoms with Crippen LogP contribution in [0.2, 0.25) is 0 Å². The maximum atomic E-state index is 12.6. The average Bonchev–Trinajstić information content (AvgIpc) is 2.41. The highest BCUT2D eigenvalue weighted by atomic mass is 32.1. The summed E-state index contributed by atoms with van der Waals surface area (Å²) in [6, 6.07) is 0.949. The Hall–Kier alpha value is -1.30. The van der Waals surface area contributed by atoms with E-state index >= 15 is 0 Å². The Balaban J connectivity index is 2.86. The summed E-state index contributed by atoms with van der Waals surface area (Å²) in [6.45, 7) is 1.68. The zero-order chi connectivity index (χ0) is 11.2.